The summed E-state index contributed by atoms with van der Waals surface area (Å²) < 4.78 is 4.86. The van der Waals surface area contributed by atoms with Crippen LogP contribution >= 0.6 is 11.8 Å². The highest BCUT2D eigenvalue weighted by Crippen LogP contribution is 2.23. The van der Waals surface area contributed by atoms with Gasteiger partial charge >= 0.3 is 5.97 Å². The number of ether oxygens (including phenoxy) is 1. The maximum atomic E-state index is 11.6. The zero-order chi connectivity index (χ0) is 16.5. The largest absolute Gasteiger partial charge is 0.455 e. The molecule has 0 aromatic heterocycles. The van der Waals surface area contributed by atoms with E-state index in [2.05, 4.69) is 10.6 Å². The van der Waals surface area contributed by atoms with Gasteiger partial charge in [0.25, 0.3) is 5.91 Å². The molecule has 6 nitrogen and oxygen atoms in total. The van der Waals surface area contributed by atoms with E-state index in [1.54, 1.807) is 0 Å². The summed E-state index contributed by atoms with van der Waals surface area (Å²) in [6.45, 7) is 3.44. The molecule has 0 aliphatic rings. The van der Waals surface area contributed by atoms with Crippen LogP contribution in [0.5, 0.6) is 0 Å². The molecule has 0 bridgehead atoms. The molecule has 120 valence electrons. The van der Waals surface area contributed by atoms with Crippen molar-refractivity contribution in [3.8, 4) is 0 Å². The Labute approximate surface area is 134 Å². The summed E-state index contributed by atoms with van der Waals surface area (Å²) in [5.74, 6) is -1.16. The van der Waals surface area contributed by atoms with Gasteiger partial charge in [0, 0.05) is 11.9 Å². The number of esters is 1. The Bertz CT molecular complexity index is 560. The van der Waals surface area contributed by atoms with Crippen LogP contribution in [0.25, 0.3) is 0 Å². The lowest BCUT2D eigenvalue weighted by molar-refractivity contribution is -0.146. The standard InChI is InChI=1S/C15H20N2O4S/c1-10-4-5-11(2)12(6-10)22-9-15(20)21-8-14(19)17-7-13(18)16-3/h4-6H,7-9H2,1-3H3,(H,16,18)(H,17,19). The highest BCUT2D eigenvalue weighted by molar-refractivity contribution is 8.00. The number of likely N-dealkylation sites (N-methyl/N-ethyl adjacent to an activating group) is 1. The van der Waals surface area contributed by atoms with Gasteiger partial charge in [-0.05, 0) is 25.5 Å². The number of thioether (sulfide) groups is 1. The van der Waals surface area contributed by atoms with Crippen LogP contribution in [0.3, 0.4) is 0 Å². The Morgan fingerprint density at radius 1 is 1.18 bits per heavy atom. The van der Waals surface area contributed by atoms with Crippen molar-refractivity contribution in [2.45, 2.75) is 18.7 Å². The number of benzene rings is 1. The lowest BCUT2D eigenvalue weighted by Crippen LogP contribution is -2.37. The second-order valence-corrected chi connectivity index (χ2v) is 5.69. The van der Waals surface area contributed by atoms with Crippen molar-refractivity contribution in [1.29, 1.82) is 0 Å². The van der Waals surface area contributed by atoms with Gasteiger partial charge in [0.05, 0.1) is 12.3 Å². The molecule has 1 rings (SSSR count). The molecule has 0 heterocycles. The molecule has 0 radical (unpaired) electrons. The van der Waals surface area contributed by atoms with Gasteiger partial charge in [0.2, 0.25) is 5.91 Å². The minimum absolute atomic E-state index is 0.132. The maximum absolute atomic E-state index is 11.6. The first-order valence-corrected chi connectivity index (χ1v) is 7.74. The summed E-state index contributed by atoms with van der Waals surface area (Å²) in [6.07, 6.45) is 0. The van der Waals surface area contributed by atoms with Crippen LogP contribution in [0.15, 0.2) is 23.1 Å². The Morgan fingerprint density at radius 2 is 1.91 bits per heavy atom. The van der Waals surface area contributed by atoms with E-state index in [1.807, 2.05) is 32.0 Å². The Balaban J connectivity index is 2.30. The van der Waals surface area contributed by atoms with E-state index in [0.717, 1.165) is 16.0 Å². The number of amides is 2. The first-order chi connectivity index (χ1) is 10.4. The van der Waals surface area contributed by atoms with Gasteiger partial charge in [-0.25, -0.2) is 0 Å². The summed E-state index contributed by atoms with van der Waals surface area (Å²) in [4.78, 5) is 34.9. The molecule has 1 aromatic rings. The molecule has 0 fully saturated rings. The topological polar surface area (TPSA) is 84.5 Å². The van der Waals surface area contributed by atoms with Gasteiger partial charge in [0.1, 0.15) is 0 Å². The summed E-state index contributed by atoms with van der Waals surface area (Å²) in [6, 6.07) is 6.01. The zero-order valence-electron chi connectivity index (χ0n) is 12.9. The molecular weight excluding hydrogens is 304 g/mol. The van der Waals surface area contributed by atoms with Crippen molar-refractivity contribution in [2.75, 3.05) is 26.0 Å². The van der Waals surface area contributed by atoms with Gasteiger partial charge in [-0.1, -0.05) is 17.7 Å². The maximum Gasteiger partial charge on any atom is 0.316 e. The smallest absolute Gasteiger partial charge is 0.316 e. The molecular formula is C15H20N2O4S. The van der Waals surface area contributed by atoms with Crippen molar-refractivity contribution in [3.63, 3.8) is 0 Å². The Morgan fingerprint density at radius 3 is 2.59 bits per heavy atom. The quantitative estimate of drug-likeness (QED) is 0.572. The van der Waals surface area contributed by atoms with Gasteiger partial charge in [0.15, 0.2) is 6.61 Å². The van der Waals surface area contributed by atoms with E-state index in [4.69, 9.17) is 4.74 Å². The lowest BCUT2D eigenvalue weighted by Gasteiger charge is -2.08. The second-order valence-electron chi connectivity index (χ2n) is 4.67. The minimum Gasteiger partial charge on any atom is -0.455 e. The van der Waals surface area contributed by atoms with E-state index in [0.29, 0.717) is 0 Å². The predicted molar refractivity (Wildman–Crippen MR) is 84.7 cm³/mol. The van der Waals surface area contributed by atoms with E-state index in [-0.39, 0.29) is 24.8 Å². The van der Waals surface area contributed by atoms with Crippen molar-refractivity contribution in [3.05, 3.63) is 29.3 Å². The number of carbonyl (C=O) groups is 3. The molecule has 1 aromatic carbocycles. The van der Waals surface area contributed by atoms with E-state index >= 15 is 0 Å². The molecule has 0 unspecified atom stereocenters. The molecule has 2 amide bonds. The third-order valence-electron chi connectivity index (χ3n) is 2.78. The monoisotopic (exact) mass is 324 g/mol. The fourth-order valence-electron chi connectivity index (χ4n) is 1.51. The van der Waals surface area contributed by atoms with Crippen LogP contribution in [-0.2, 0) is 19.1 Å². The third kappa shape index (κ3) is 6.62. The van der Waals surface area contributed by atoms with Crippen LogP contribution in [-0.4, -0.2) is 43.7 Å². The first kappa shape index (κ1) is 18.0. The Hall–Kier alpha value is -2.02. The summed E-state index contributed by atoms with van der Waals surface area (Å²) >= 11 is 1.37. The molecule has 0 saturated carbocycles. The number of nitrogens with one attached hydrogen (secondary N) is 2. The normalized spacial score (nSPS) is 9.95. The summed E-state index contributed by atoms with van der Waals surface area (Å²) in [5.41, 5.74) is 2.21. The van der Waals surface area contributed by atoms with Crippen molar-refractivity contribution >= 4 is 29.5 Å². The number of hydrogen-bond acceptors (Lipinski definition) is 5. The van der Waals surface area contributed by atoms with Crippen molar-refractivity contribution in [1.82, 2.24) is 10.6 Å². The van der Waals surface area contributed by atoms with Crippen LogP contribution in [0.2, 0.25) is 0 Å². The fourth-order valence-corrected chi connectivity index (χ4v) is 2.43. The molecule has 0 spiro atoms. The fraction of sp³-hybridized carbons (Fsp3) is 0.400. The zero-order valence-corrected chi connectivity index (χ0v) is 13.7. The third-order valence-corrected chi connectivity index (χ3v) is 3.91. The molecule has 7 heteroatoms. The number of carbonyl (C=O) groups excluding carboxylic acids is 3. The average molecular weight is 324 g/mol. The number of aryl methyl sites for hydroxylation is 2. The van der Waals surface area contributed by atoms with Crippen molar-refractivity contribution in [2.24, 2.45) is 0 Å². The van der Waals surface area contributed by atoms with Crippen LogP contribution in [0.1, 0.15) is 11.1 Å². The lowest BCUT2D eigenvalue weighted by atomic mass is 10.2. The molecule has 22 heavy (non-hydrogen) atoms. The summed E-state index contributed by atoms with van der Waals surface area (Å²) in [7, 11) is 1.47. The molecule has 0 saturated heterocycles. The van der Waals surface area contributed by atoms with Gasteiger partial charge in [-0.2, -0.15) is 0 Å². The molecule has 0 aliphatic heterocycles. The Kier molecular flexibility index (Phi) is 7.45. The minimum atomic E-state index is -0.506. The summed E-state index contributed by atoms with van der Waals surface area (Å²) in [5, 5.41) is 4.71. The van der Waals surface area contributed by atoms with Crippen LogP contribution in [0.4, 0.5) is 0 Å². The highest BCUT2D eigenvalue weighted by atomic mass is 32.2. The van der Waals surface area contributed by atoms with E-state index in [1.165, 1.54) is 18.8 Å². The van der Waals surface area contributed by atoms with Gasteiger partial charge < -0.3 is 15.4 Å². The molecule has 0 aliphatic carbocycles. The van der Waals surface area contributed by atoms with Crippen molar-refractivity contribution < 1.29 is 19.1 Å². The second kappa shape index (κ2) is 9.09. The van der Waals surface area contributed by atoms with Crippen LogP contribution < -0.4 is 10.6 Å². The van der Waals surface area contributed by atoms with Gasteiger partial charge in [-0.15, -0.1) is 11.8 Å². The number of rotatable bonds is 7. The predicted octanol–water partition coefficient (Wildman–Crippen LogP) is 0.801. The van der Waals surface area contributed by atoms with E-state index in [9.17, 15) is 14.4 Å². The molecule has 0 atom stereocenters. The SMILES string of the molecule is CNC(=O)CNC(=O)COC(=O)CSc1cc(C)ccc1C. The number of hydrogen-bond donors (Lipinski definition) is 2. The first-order valence-electron chi connectivity index (χ1n) is 6.75. The van der Waals surface area contributed by atoms with Crippen LogP contribution in [0, 0.1) is 13.8 Å². The van der Waals surface area contributed by atoms with E-state index < -0.39 is 11.9 Å². The van der Waals surface area contributed by atoms with Gasteiger partial charge in [-0.3, -0.25) is 14.4 Å². The average Bonchev–Trinajstić information content (AvgIpc) is 2.51. The molecule has 2 N–H and O–H groups in total. The highest BCUT2D eigenvalue weighted by Gasteiger charge is 2.10.